The number of hydrogen-bond acceptors (Lipinski definition) is 5. The molecule has 7 heteroatoms. The van der Waals surface area contributed by atoms with E-state index in [9.17, 15) is 4.21 Å². The molecular formula is C23H18ClN3O2S. The maximum absolute atomic E-state index is 12.6. The molecule has 5 rings (SSSR count). The van der Waals surface area contributed by atoms with Gasteiger partial charge in [-0.2, -0.15) is 0 Å². The number of anilines is 1. The molecule has 0 saturated carbocycles. The van der Waals surface area contributed by atoms with Gasteiger partial charge in [0.15, 0.2) is 0 Å². The highest BCUT2D eigenvalue weighted by atomic mass is 35.5. The summed E-state index contributed by atoms with van der Waals surface area (Å²) in [5.74, 6) is 2.51. The monoisotopic (exact) mass is 435 g/mol. The molecule has 0 radical (unpaired) electrons. The number of halogens is 1. The Bertz CT molecular complexity index is 1250. The summed E-state index contributed by atoms with van der Waals surface area (Å²) in [4.78, 5) is 12.0. The first-order valence-electron chi connectivity index (χ1n) is 9.58. The van der Waals surface area contributed by atoms with Crippen LogP contribution in [0.25, 0.3) is 10.9 Å². The Morgan fingerprint density at radius 3 is 2.77 bits per heavy atom. The highest BCUT2D eigenvalue weighted by molar-refractivity contribution is 7.85. The quantitative estimate of drug-likeness (QED) is 0.442. The lowest BCUT2D eigenvalue weighted by Gasteiger charge is -2.22. The molecule has 0 spiro atoms. The van der Waals surface area contributed by atoms with E-state index < -0.39 is 10.8 Å². The predicted octanol–water partition coefficient (Wildman–Crippen LogP) is 5.20. The number of ether oxygens (including phenoxy) is 1. The van der Waals surface area contributed by atoms with Crippen LogP contribution >= 0.6 is 11.6 Å². The molecule has 1 unspecified atom stereocenters. The smallest absolute Gasteiger partial charge is 0.219 e. The summed E-state index contributed by atoms with van der Waals surface area (Å²) in [5.41, 5.74) is 1.84. The minimum Gasteiger partial charge on any atom is -0.439 e. The van der Waals surface area contributed by atoms with Crippen LogP contribution in [0.15, 0.2) is 77.8 Å². The van der Waals surface area contributed by atoms with Crippen molar-refractivity contribution in [1.82, 2.24) is 9.97 Å². The number of benzene rings is 2. The molecule has 0 N–H and O–H groups in total. The summed E-state index contributed by atoms with van der Waals surface area (Å²) in [6.45, 7) is 1.30. The van der Waals surface area contributed by atoms with E-state index in [-0.39, 0.29) is 0 Å². The van der Waals surface area contributed by atoms with Crippen molar-refractivity contribution in [1.29, 1.82) is 0 Å². The molecule has 0 saturated heterocycles. The molecule has 150 valence electrons. The van der Waals surface area contributed by atoms with Crippen molar-refractivity contribution < 1.29 is 8.95 Å². The third-order valence-electron chi connectivity index (χ3n) is 5.03. The first-order chi connectivity index (χ1) is 14.7. The molecule has 30 heavy (non-hydrogen) atoms. The molecule has 0 aliphatic carbocycles. The van der Waals surface area contributed by atoms with Gasteiger partial charge >= 0.3 is 0 Å². The Balaban J connectivity index is 1.48. The first kappa shape index (κ1) is 19.0. The van der Waals surface area contributed by atoms with E-state index in [2.05, 4.69) is 9.88 Å². The van der Waals surface area contributed by atoms with Crippen molar-refractivity contribution in [3.63, 3.8) is 0 Å². The number of hydrogen-bond donors (Lipinski definition) is 0. The number of nitrogens with zero attached hydrogens (tertiary/aromatic N) is 3. The second kappa shape index (κ2) is 8.05. The van der Waals surface area contributed by atoms with Crippen LogP contribution in [-0.2, 0) is 17.3 Å². The van der Waals surface area contributed by atoms with Gasteiger partial charge in [0.2, 0.25) is 5.88 Å². The second-order valence-electron chi connectivity index (χ2n) is 6.99. The third-order valence-corrected chi connectivity index (χ3v) is 6.78. The van der Waals surface area contributed by atoms with Gasteiger partial charge in [-0.25, -0.2) is 9.97 Å². The molecule has 0 amide bonds. The Morgan fingerprint density at radius 2 is 1.90 bits per heavy atom. The summed E-state index contributed by atoms with van der Waals surface area (Å²) in [6.07, 6.45) is 1.68. The summed E-state index contributed by atoms with van der Waals surface area (Å²) < 4.78 is 18.4. The number of fused-ring (bicyclic) bond motifs is 2. The number of rotatable bonds is 3. The van der Waals surface area contributed by atoms with E-state index >= 15 is 0 Å². The molecule has 3 heterocycles. The van der Waals surface area contributed by atoms with Crippen molar-refractivity contribution >= 4 is 39.1 Å². The zero-order valence-corrected chi connectivity index (χ0v) is 17.6. The summed E-state index contributed by atoms with van der Waals surface area (Å²) in [7, 11) is -1.01. The van der Waals surface area contributed by atoms with Gasteiger partial charge in [0.05, 0.1) is 21.3 Å². The third kappa shape index (κ3) is 3.76. The van der Waals surface area contributed by atoms with Crippen LogP contribution in [0.2, 0.25) is 5.02 Å². The average Bonchev–Trinajstić information content (AvgIpc) is 2.94. The molecule has 2 aromatic carbocycles. The molecule has 4 aromatic rings. The Kier molecular flexibility index (Phi) is 5.11. The molecule has 2 aromatic heterocycles. The number of aromatic nitrogens is 2. The first-order valence-corrected chi connectivity index (χ1v) is 11.3. The zero-order valence-electron chi connectivity index (χ0n) is 16.0. The fraction of sp³-hybridized carbons (Fsp3) is 0.130. The van der Waals surface area contributed by atoms with Gasteiger partial charge in [0.25, 0.3) is 0 Å². The van der Waals surface area contributed by atoms with Crippen LogP contribution in [-0.4, -0.2) is 26.5 Å². The summed E-state index contributed by atoms with van der Waals surface area (Å²) >= 11 is 6.63. The Labute approximate surface area is 181 Å². The van der Waals surface area contributed by atoms with Gasteiger partial charge in [-0.05, 0) is 42.0 Å². The van der Waals surface area contributed by atoms with Crippen LogP contribution in [0.3, 0.4) is 0 Å². The van der Waals surface area contributed by atoms with Crippen LogP contribution in [0.4, 0.5) is 5.82 Å². The topological polar surface area (TPSA) is 55.3 Å². The highest BCUT2D eigenvalue weighted by Crippen LogP contribution is 2.32. The van der Waals surface area contributed by atoms with Crippen LogP contribution in [0.5, 0.6) is 11.6 Å². The lowest BCUT2D eigenvalue weighted by Crippen LogP contribution is -2.25. The van der Waals surface area contributed by atoms with Crippen molar-refractivity contribution in [2.45, 2.75) is 11.4 Å². The normalized spacial score (nSPS) is 16.2. The van der Waals surface area contributed by atoms with E-state index in [4.69, 9.17) is 21.3 Å². The molecular weight excluding hydrogens is 418 g/mol. The molecule has 5 nitrogen and oxygen atoms in total. The molecule has 0 fully saturated rings. The van der Waals surface area contributed by atoms with E-state index in [0.29, 0.717) is 35.5 Å². The standard InChI is InChI=1S/C23H18ClN3O2S/c24-19-14-22(27-11-12-30(28)21-6-2-1-5-16(21)15-27)26-20-9-8-17(13-18(19)20)29-23-7-3-4-10-25-23/h1-10,13-14H,11-12,15H2. The Hall–Kier alpha value is -2.96. The van der Waals surface area contributed by atoms with Crippen molar-refractivity contribution in [3.05, 3.63) is 83.5 Å². The largest absolute Gasteiger partial charge is 0.439 e. The van der Waals surface area contributed by atoms with Crippen molar-refractivity contribution in [3.8, 4) is 11.6 Å². The van der Waals surface area contributed by atoms with Crippen molar-refractivity contribution in [2.75, 3.05) is 17.2 Å². The lowest BCUT2D eigenvalue weighted by atomic mass is 10.2. The molecule has 1 aliphatic rings. The van der Waals surface area contributed by atoms with Crippen molar-refractivity contribution in [2.24, 2.45) is 0 Å². The van der Waals surface area contributed by atoms with Gasteiger partial charge in [-0.15, -0.1) is 0 Å². The zero-order chi connectivity index (χ0) is 20.5. The molecule has 0 bridgehead atoms. The minimum absolute atomic E-state index is 0.522. The second-order valence-corrected chi connectivity index (χ2v) is 8.94. The van der Waals surface area contributed by atoms with Gasteiger partial charge in [-0.1, -0.05) is 35.9 Å². The van der Waals surface area contributed by atoms with E-state index in [0.717, 1.165) is 27.2 Å². The predicted molar refractivity (Wildman–Crippen MR) is 120 cm³/mol. The number of pyridine rings is 2. The fourth-order valence-corrected chi connectivity index (χ4v) is 5.05. The lowest BCUT2D eigenvalue weighted by molar-refractivity contribution is 0.463. The van der Waals surface area contributed by atoms with Crippen LogP contribution < -0.4 is 9.64 Å². The Morgan fingerprint density at radius 1 is 1.03 bits per heavy atom. The summed E-state index contributed by atoms with van der Waals surface area (Å²) in [5, 5.41) is 1.41. The van der Waals surface area contributed by atoms with Crippen LogP contribution in [0.1, 0.15) is 5.56 Å². The van der Waals surface area contributed by atoms with Gasteiger partial charge in [0.1, 0.15) is 11.6 Å². The summed E-state index contributed by atoms with van der Waals surface area (Å²) in [6, 6.07) is 20.9. The van der Waals surface area contributed by atoms with Gasteiger partial charge < -0.3 is 9.64 Å². The minimum atomic E-state index is -1.01. The fourth-order valence-electron chi connectivity index (χ4n) is 3.54. The van der Waals surface area contributed by atoms with E-state index in [1.807, 2.05) is 60.7 Å². The van der Waals surface area contributed by atoms with Gasteiger partial charge in [0, 0.05) is 41.4 Å². The molecule has 1 aliphatic heterocycles. The van der Waals surface area contributed by atoms with Crippen LogP contribution in [0, 0.1) is 0 Å². The maximum Gasteiger partial charge on any atom is 0.219 e. The molecule has 1 atom stereocenters. The van der Waals surface area contributed by atoms with E-state index in [1.165, 1.54) is 0 Å². The van der Waals surface area contributed by atoms with E-state index in [1.54, 1.807) is 12.3 Å². The maximum atomic E-state index is 12.6. The SMILES string of the molecule is O=S1CCN(c2cc(Cl)c3cc(Oc4ccccn4)ccc3n2)Cc2ccccc21. The average molecular weight is 436 g/mol. The highest BCUT2D eigenvalue weighted by Gasteiger charge is 2.21. The van der Waals surface area contributed by atoms with Gasteiger partial charge in [-0.3, -0.25) is 4.21 Å².